The summed E-state index contributed by atoms with van der Waals surface area (Å²) in [5.74, 6) is -1.39. The first kappa shape index (κ1) is 20.4. The number of carboxylic acid groups (broad SMARTS) is 1. The number of nitrogens with zero attached hydrogens (tertiary/aromatic N) is 1. The summed E-state index contributed by atoms with van der Waals surface area (Å²) in [4.78, 5) is 23.0. The van der Waals surface area contributed by atoms with Crippen LogP contribution in [0.3, 0.4) is 0 Å². The zero-order valence-electron chi connectivity index (χ0n) is 15.1. The van der Waals surface area contributed by atoms with Crippen molar-refractivity contribution in [3.05, 3.63) is 60.2 Å². The summed E-state index contributed by atoms with van der Waals surface area (Å²) in [7, 11) is -2.37. The maximum atomic E-state index is 12.8. The molecule has 2 aromatic carbocycles. The molecule has 27 heavy (non-hydrogen) atoms. The molecule has 2 aromatic rings. The molecule has 0 aromatic heterocycles. The average molecular weight is 390 g/mol. The van der Waals surface area contributed by atoms with Gasteiger partial charge in [-0.25, -0.2) is 8.42 Å². The number of hydrogen-bond donors (Lipinski definition) is 2. The number of benzene rings is 2. The standard InChI is InChI=1S/C19H22N2O5S/c1-14(11-12-18(22)23)20-19(24)15-7-6-10-17(13-15)27(25,26)21(2)16-8-4-3-5-9-16/h3-10,13-14H,11-12H2,1-2H3,(H,20,24)(H,22,23). The number of carbonyl (C=O) groups excluding carboxylic acids is 1. The molecule has 0 saturated heterocycles. The second kappa shape index (κ2) is 8.68. The third-order valence-electron chi connectivity index (χ3n) is 4.04. The number of anilines is 1. The van der Waals surface area contributed by atoms with Crippen LogP contribution in [0.4, 0.5) is 5.69 Å². The number of amides is 1. The van der Waals surface area contributed by atoms with Gasteiger partial charge in [0.25, 0.3) is 15.9 Å². The van der Waals surface area contributed by atoms with Gasteiger partial charge in [-0.15, -0.1) is 0 Å². The Morgan fingerprint density at radius 3 is 2.41 bits per heavy atom. The van der Waals surface area contributed by atoms with Crippen LogP contribution in [0.25, 0.3) is 0 Å². The number of carboxylic acids is 1. The van der Waals surface area contributed by atoms with E-state index in [1.165, 1.54) is 31.3 Å². The maximum absolute atomic E-state index is 12.8. The summed E-state index contributed by atoms with van der Waals surface area (Å²) < 4.78 is 26.8. The maximum Gasteiger partial charge on any atom is 0.303 e. The lowest BCUT2D eigenvalue weighted by molar-refractivity contribution is -0.137. The van der Waals surface area contributed by atoms with Crippen molar-refractivity contribution < 1.29 is 23.1 Å². The van der Waals surface area contributed by atoms with E-state index in [4.69, 9.17) is 5.11 Å². The van der Waals surface area contributed by atoms with Crippen molar-refractivity contribution in [2.75, 3.05) is 11.4 Å². The quantitative estimate of drug-likeness (QED) is 0.721. The lowest BCUT2D eigenvalue weighted by atomic mass is 10.1. The summed E-state index contributed by atoms with van der Waals surface area (Å²) in [6.07, 6.45) is 0.230. The largest absolute Gasteiger partial charge is 0.481 e. The van der Waals surface area contributed by atoms with E-state index in [0.717, 1.165) is 4.31 Å². The molecular weight excluding hydrogens is 368 g/mol. The smallest absolute Gasteiger partial charge is 0.303 e. The van der Waals surface area contributed by atoms with E-state index in [1.54, 1.807) is 37.3 Å². The molecule has 0 saturated carbocycles. The van der Waals surface area contributed by atoms with Crippen molar-refractivity contribution in [1.82, 2.24) is 5.32 Å². The van der Waals surface area contributed by atoms with Gasteiger partial charge in [0.1, 0.15) is 0 Å². The first-order valence-corrected chi connectivity index (χ1v) is 9.82. The zero-order chi connectivity index (χ0) is 20.0. The molecular formula is C19H22N2O5S. The van der Waals surface area contributed by atoms with Gasteiger partial charge in [0.2, 0.25) is 0 Å². The number of sulfonamides is 1. The van der Waals surface area contributed by atoms with Crippen LogP contribution in [0.1, 0.15) is 30.1 Å². The van der Waals surface area contributed by atoms with Gasteiger partial charge < -0.3 is 10.4 Å². The molecule has 0 bridgehead atoms. The van der Waals surface area contributed by atoms with Crippen LogP contribution >= 0.6 is 0 Å². The Hall–Kier alpha value is -2.87. The summed E-state index contributed by atoms with van der Waals surface area (Å²) >= 11 is 0. The van der Waals surface area contributed by atoms with Crippen LogP contribution in [0.15, 0.2) is 59.5 Å². The van der Waals surface area contributed by atoms with Crippen LogP contribution in [0.5, 0.6) is 0 Å². The monoisotopic (exact) mass is 390 g/mol. The first-order chi connectivity index (χ1) is 12.7. The van der Waals surface area contributed by atoms with Gasteiger partial charge in [0.15, 0.2) is 0 Å². The van der Waals surface area contributed by atoms with Gasteiger partial charge in [0, 0.05) is 25.1 Å². The van der Waals surface area contributed by atoms with Crippen LogP contribution in [0.2, 0.25) is 0 Å². The molecule has 8 heteroatoms. The molecule has 0 radical (unpaired) electrons. The van der Waals surface area contributed by atoms with Crippen LogP contribution in [-0.2, 0) is 14.8 Å². The minimum absolute atomic E-state index is 0.000285. The number of aliphatic carboxylic acids is 1. The Morgan fingerprint density at radius 2 is 1.78 bits per heavy atom. The fraction of sp³-hybridized carbons (Fsp3) is 0.263. The van der Waals surface area contributed by atoms with Crippen molar-refractivity contribution in [2.24, 2.45) is 0 Å². The van der Waals surface area contributed by atoms with E-state index in [1.807, 2.05) is 0 Å². The summed E-state index contributed by atoms with van der Waals surface area (Å²) in [5, 5.41) is 11.4. The summed E-state index contributed by atoms with van der Waals surface area (Å²) in [6.45, 7) is 1.70. The molecule has 0 fully saturated rings. The molecule has 1 amide bonds. The first-order valence-electron chi connectivity index (χ1n) is 8.38. The van der Waals surface area contributed by atoms with Gasteiger partial charge >= 0.3 is 5.97 Å². The molecule has 144 valence electrons. The molecule has 2 N–H and O–H groups in total. The predicted octanol–water partition coefficient (Wildman–Crippen LogP) is 2.49. The highest BCUT2D eigenvalue weighted by Crippen LogP contribution is 2.22. The van der Waals surface area contributed by atoms with Gasteiger partial charge in [-0.1, -0.05) is 24.3 Å². The highest BCUT2D eigenvalue weighted by atomic mass is 32.2. The van der Waals surface area contributed by atoms with E-state index in [2.05, 4.69) is 5.32 Å². The lowest BCUT2D eigenvalue weighted by Gasteiger charge is -2.20. The average Bonchev–Trinajstić information content (AvgIpc) is 2.66. The third kappa shape index (κ3) is 5.30. The molecule has 0 spiro atoms. The van der Waals surface area contributed by atoms with Crippen LogP contribution < -0.4 is 9.62 Å². The Kier molecular flexibility index (Phi) is 6.57. The SMILES string of the molecule is CC(CCC(=O)O)NC(=O)c1cccc(S(=O)(=O)N(C)c2ccccc2)c1. The summed E-state index contributed by atoms with van der Waals surface area (Å²) in [6, 6.07) is 14.0. The highest BCUT2D eigenvalue weighted by Gasteiger charge is 2.22. The molecule has 2 rings (SSSR count). The van der Waals surface area contributed by atoms with E-state index in [0.29, 0.717) is 5.69 Å². The second-order valence-corrected chi connectivity index (χ2v) is 8.11. The van der Waals surface area contributed by atoms with Crippen LogP contribution in [-0.4, -0.2) is 38.5 Å². The molecule has 0 heterocycles. The number of nitrogens with one attached hydrogen (secondary N) is 1. The van der Waals surface area contributed by atoms with E-state index >= 15 is 0 Å². The van der Waals surface area contributed by atoms with E-state index in [9.17, 15) is 18.0 Å². The van der Waals surface area contributed by atoms with Crippen molar-refractivity contribution in [1.29, 1.82) is 0 Å². The topological polar surface area (TPSA) is 104 Å². The molecule has 1 unspecified atom stereocenters. The number of hydrogen-bond acceptors (Lipinski definition) is 4. The van der Waals surface area contributed by atoms with Crippen molar-refractivity contribution >= 4 is 27.6 Å². The van der Waals surface area contributed by atoms with Crippen molar-refractivity contribution in [2.45, 2.75) is 30.7 Å². The highest BCUT2D eigenvalue weighted by molar-refractivity contribution is 7.92. The Bertz CT molecular complexity index is 913. The molecule has 0 aliphatic rings. The Labute approximate surface area is 158 Å². The second-order valence-electron chi connectivity index (χ2n) is 6.14. The Balaban J connectivity index is 2.19. The van der Waals surface area contributed by atoms with Gasteiger partial charge in [-0.2, -0.15) is 0 Å². The van der Waals surface area contributed by atoms with Gasteiger partial charge in [-0.3, -0.25) is 13.9 Å². The van der Waals surface area contributed by atoms with Gasteiger partial charge in [0.05, 0.1) is 10.6 Å². The molecule has 0 aliphatic heterocycles. The number of rotatable bonds is 8. The minimum Gasteiger partial charge on any atom is -0.481 e. The van der Waals surface area contributed by atoms with Crippen molar-refractivity contribution in [3.8, 4) is 0 Å². The van der Waals surface area contributed by atoms with Gasteiger partial charge in [-0.05, 0) is 43.7 Å². The van der Waals surface area contributed by atoms with Crippen LogP contribution in [0, 0.1) is 0 Å². The number of carbonyl (C=O) groups is 2. The number of para-hydroxylation sites is 1. The summed E-state index contributed by atoms with van der Waals surface area (Å²) in [5.41, 5.74) is 0.703. The third-order valence-corrected chi connectivity index (χ3v) is 5.82. The molecule has 7 nitrogen and oxygen atoms in total. The molecule has 0 aliphatic carbocycles. The van der Waals surface area contributed by atoms with E-state index in [-0.39, 0.29) is 29.3 Å². The van der Waals surface area contributed by atoms with E-state index < -0.39 is 21.9 Å². The lowest BCUT2D eigenvalue weighted by Crippen LogP contribution is -2.33. The molecule has 1 atom stereocenters. The normalized spacial score (nSPS) is 12.2. The minimum atomic E-state index is -3.82. The fourth-order valence-corrected chi connectivity index (χ4v) is 3.69. The predicted molar refractivity (Wildman–Crippen MR) is 102 cm³/mol. The van der Waals surface area contributed by atoms with Crippen molar-refractivity contribution in [3.63, 3.8) is 0 Å². The zero-order valence-corrected chi connectivity index (χ0v) is 15.9. The fourth-order valence-electron chi connectivity index (χ4n) is 2.45. The Morgan fingerprint density at radius 1 is 1.11 bits per heavy atom.